The Balaban J connectivity index is 1.87. The van der Waals surface area contributed by atoms with E-state index in [0.717, 1.165) is 25.9 Å². The van der Waals surface area contributed by atoms with Crippen molar-refractivity contribution in [1.82, 2.24) is 10.3 Å². The first-order valence-corrected chi connectivity index (χ1v) is 11.3. The molecule has 1 atom stereocenters. The molecule has 2 aromatic rings. The van der Waals surface area contributed by atoms with Crippen LogP contribution >= 0.6 is 23.2 Å². The molecular formula is C23H28Cl2N4O3. The number of anilines is 2. The molecule has 0 spiro atoms. The molecular weight excluding hydrogens is 451 g/mol. The summed E-state index contributed by atoms with van der Waals surface area (Å²) in [6, 6.07) is 7.58. The Morgan fingerprint density at radius 1 is 1.12 bits per heavy atom. The van der Waals surface area contributed by atoms with Crippen molar-refractivity contribution in [3.63, 3.8) is 0 Å². The smallest absolute Gasteiger partial charge is 0.329 e. The van der Waals surface area contributed by atoms with E-state index in [-0.39, 0.29) is 11.9 Å². The van der Waals surface area contributed by atoms with E-state index < -0.39 is 17.6 Å². The fraction of sp³-hybridized carbons (Fsp3) is 0.435. The average Bonchev–Trinajstić information content (AvgIpc) is 2.73. The minimum absolute atomic E-state index is 0.0654. The molecule has 32 heavy (non-hydrogen) atoms. The molecule has 3 N–H and O–H groups in total. The van der Waals surface area contributed by atoms with Gasteiger partial charge in [-0.05, 0) is 83.0 Å². The third kappa shape index (κ3) is 6.82. The Kier molecular flexibility index (Phi) is 7.98. The van der Waals surface area contributed by atoms with Gasteiger partial charge in [0.15, 0.2) is 0 Å². The molecule has 1 aliphatic rings. The lowest BCUT2D eigenvalue weighted by atomic mass is 9.89. The van der Waals surface area contributed by atoms with Crippen LogP contribution in [0, 0.1) is 5.92 Å². The quantitative estimate of drug-likeness (QED) is 0.518. The van der Waals surface area contributed by atoms with E-state index in [1.54, 1.807) is 30.3 Å². The van der Waals surface area contributed by atoms with E-state index >= 15 is 0 Å². The highest BCUT2D eigenvalue weighted by Gasteiger charge is 2.34. The second-order valence-corrected chi connectivity index (χ2v) is 9.62. The Labute approximate surface area is 198 Å². The summed E-state index contributed by atoms with van der Waals surface area (Å²) < 4.78 is 5.69. The van der Waals surface area contributed by atoms with Gasteiger partial charge >= 0.3 is 5.97 Å². The second kappa shape index (κ2) is 10.5. The number of carbonyl (C=O) groups is 2. The van der Waals surface area contributed by atoms with E-state index in [9.17, 15) is 9.59 Å². The number of hydrogen-bond donors (Lipinski definition) is 3. The first-order chi connectivity index (χ1) is 15.1. The van der Waals surface area contributed by atoms with Crippen LogP contribution in [0.3, 0.4) is 0 Å². The maximum atomic E-state index is 13.1. The van der Waals surface area contributed by atoms with Crippen molar-refractivity contribution < 1.29 is 14.3 Å². The zero-order chi connectivity index (χ0) is 23.3. The van der Waals surface area contributed by atoms with Crippen molar-refractivity contribution >= 4 is 46.6 Å². The minimum Gasteiger partial charge on any atom is -0.458 e. The monoisotopic (exact) mass is 478 g/mol. The van der Waals surface area contributed by atoms with Crippen LogP contribution in [-0.2, 0) is 9.53 Å². The number of esters is 1. The Morgan fingerprint density at radius 3 is 2.44 bits per heavy atom. The van der Waals surface area contributed by atoms with Gasteiger partial charge in [-0.1, -0.05) is 23.2 Å². The number of hydrogen-bond acceptors (Lipinski definition) is 6. The molecule has 7 nitrogen and oxygen atoms in total. The molecule has 1 unspecified atom stereocenters. The maximum Gasteiger partial charge on any atom is 0.329 e. The lowest BCUT2D eigenvalue weighted by molar-refractivity contribution is -0.157. The van der Waals surface area contributed by atoms with Gasteiger partial charge in [0.05, 0.1) is 10.6 Å². The van der Waals surface area contributed by atoms with Crippen molar-refractivity contribution in [2.75, 3.05) is 23.7 Å². The van der Waals surface area contributed by atoms with Crippen LogP contribution in [0.1, 0.15) is 44.0 Å². The summed E-state index contributed by atoms with van der Waals surface area (Å²) in [4.78, 5) is 30.2. The van der Waals surface area contributed by atoms with Crippen LogP contribution in [0.15, 0.2) is 36.5 Å². The number of pyridine rings is 1. The summed E-state index contributed by atoms with van der Waals surface area (Å²) in [5, 5.41) is 10.2. The van der Waals surface area contributed by atoms with E-state index in [0.29, 0.717) is 27.1 Å². The normalized spacial score (nSPS) is 15.7. The highest BCUT2D eigenvalue weighted by atomic mass is 35.5. The molecule has 9 heteroatoms. The molecule has 1 aromatic carbocycles. The fourth-order valence-corrected chi connectivity index (χ4v) is 3.83. The summed E-state index contributed by atoms with van der Waals surface area (Å²) in [6.45, 7) is 7.16. The molecule has 1 amide bonds. The number of halogens is 2. The number of rotatable bonds is 6. The van der Waals surface area contributed by atoms with Gasteiger partial charge in [-0.25, -0.2) is 9.78 Å². The number of benzene rings is 1. The van der Waals surface area contributed by atoms with Gasteiger partial charge in [0.25, 0.3) is 5.91 Å². The van der Waals surface area contributed by atoms with E-state index in [1.165, 1.54) is 6.20 Å². The molecule has 1 aliphatic heterocycles. The van der Waals surface area contributed by atoms with E-state index in [1.807, 2.05) is 20.8 Å². The molecule has 0 aliphatic carbocycles. The van der Waals surface area contributed by atoms with Gasteiger partial charge in [0.2, 0.25) is 0 Å². The number of nitrogens with one attached hydrogen (secondary N) is 3. The zero-order valence-electron chi connectivity index (χ0n) is 18.4. The highest BCUT2D eigenvalue weighted by molar-refractivity contribution is 6.31. The Morgan fingerprint density at radius 2 is 1.81 bits per heavy atom. The van der Waals surface area contributed by atoms with Gasteiger partial charge in [0.1, 0.15) is 17.5 Å². The molecule has 1 aromatic heterocycles. The van der Waals surface area contributed by atoms with Crippen LogP contribution in [0.4, 0.5) is 11.5 Å². The van der Waals surface area contributed by atoms with Crippen molar-refractivity contribution in [1.29, 1.82) is 0 Å². The van der Waals surface area contributed by atoms with Crippen molar-refractivity contribution in [3.05, 3.63) is 52.1 Å². The number of nitrogens with zero attached hydrogens (tertiary/aromatic N) is 1. The number of piperidine rings is 1. The second-order valence-electron chi connectivity index (χ2n) is 8.75. The Hall–Kier alpha value is -2.35. The molecule has 1 saturated heterocycles. The largest absolute Gasteiger partial charge is 0.458 e. The third-order valence-electron chi connectivity index (χ3n) is 5.02. The van der Waals surface area contributed by atoms with Gasteiger partial charge in [-0.15, -0.1) is 0 Å². The van der Waals surface area contributed by atoms with Crippen molar-refractivity contribution in [2.24, 2.45) is 5.92 Å². The zero-order valence-corrected chi connectivity index (χ0v) is 19.9. The number of ether oxygens (including phenoxy) is 1. The first kappa shape index (κ1) is 24.3. The summed E-state index contributed by atoms with van der Waals surface area (Å²) in [7, 11) is 0. The van der Waals surface area contributed by atoms with Crippen LogP contribution in [-0.4, -0.2) is 41.6 Å². The lowest BCUT2D eigenvalue weighted by Crippen LogP contribution is -2.45. The van der Waals surface area contributed by atoms with Gasteiger partial charge in [-0.3, -0.25) is 4.79 Å². The molecule has 2 heterocycles. The first-order valence-electron chi connectivity index (χ1n) is 10.5. The van der Waals surface area contributed by atoms with Gasteiger partial charge in [-0.2, -0.15) is 0 Å². The minimum atomic E-state index is -0.621. The maximum absolute atomic E-state index is 13.1. The van der Waals surface area contributed by atoms with Crippen LogP contribution in [0.2, 0.25) is 10.0 Å². The van der Waals surface area contributed by atoms with E-state index in [4.69, 9.17) is 27.9 Å². The number of carbonyl (C=O) groups excluding carboxylic acids is 2. The fourth-order valence-electron chi connectivity index (χ4n) is 3.54. The van der Waals surface area contributed by atoms with Crippen LogP contribution in [0.5, 0.6) is 0 Å². The molecule has 0 saturated carbocycles. The van der Waals surface area contributed by atoms with Gasteiger partial charge in [0, 0.05) is 16.9 Å². The molecule has 1 fully saturated rings. The molecule has 3 rings (SSSR count). The van der Waals surface area contributed by atoms with Crippen LogP contribution in [0.25, 0.3) is 0 Å². The highest BCUT2D eigenvalue weighted by Crippen LogP contribution is 2.27. The summed E-state index contributed by atoms with van der Waals surface area (Å²) in [5.41, 5.74) is 0.177. The van der Waals surface area contributed by atoms with Crippen molar-refractivity contribution in [2.45, 2.75) is 45.3 Å². The molecule has 0 radical (unpaired) electrons. The Bertz CT molecular complexity index is 955. The predicted molar refractivity (Wildman–Crippen MR) is 128 cm³/mol. The molecule has 172 valence electrons. The third-order valence-corrected chi connectivity index (χ3v) is 5.48. The standard InChI is InChI=1S/C23H28Cl2N4O3/c1-23(2,3)32-22(31)20(14-8-10-26-11-9-14)28-18-6-4-15(24)12-17(18)21(30)29-19-7-5-16(25)13-27-19/h4-7,12-14,20,26,28H,8-11H2,1-3H3,(H,27,29,30). The molecule has 0 bridgehead atoms. The predicted octanol–water partition coefficient (Wildman–Crippen LogP) is 4.76. The lowest BCUT2D eigenvalue weighted by Gasteiger charge is -2.33. The SMILES string of the molecule is CC(C)(C)OC(=O)C(Nc1ccc(Cl)cc1C(=O)Nc1ccc(Cl)cn1)C1CCNCC1. The van der Waals surface area contributed by atoms with Crippen LogP contribution < -0.4 is 16.0 Å². The summed E-state index contributed by atoms with van der Waals surface area (Å²) in [6.07, 6.45) is 3.09. The van der Waals surface area contributed by atoms with E-state index in [2.05, 4.69) is 20.9 Å². The summed E-state index contributed by atoms with van der Waals surface area (Å²) in [5.74, 6) is -0.328. The van der Waals surface area contributed by atoms with Crippen molar-refractivity contribution in [3.8, 4) is 0 Å². The number of amides is 1. The topological polar surface area (TPSA) is 92.3 Å². The number of aromatic nitrogens is 1. The average molecular weight is 479 g/mol. The van der Waals surface area contributed by atoms with Gasteiger partial charge < -0.3 is 20.7 Å². The summed E-state index contributed by atoms with van der Waals surface area (Å²) >= 11 is 12.0.